The number of anilines is 1. The van der Waals surface area contributed by atoms with Crippen molar-refractivity contribution >= 4 is 32.6 Å². The first-order valence-corrected chi connectivity index (χ1v) is 13.7. The van der Waals surface area contributed by atoms with Crippen molar-refractivity contribution in [3.05, 3.63) is 12.7 Å². The maximum absolute atomic E-state index is 11.8. The third kappa shape index (κ3) is 6.04. The molecule has 10 N–H and O–H groups in total. The van der Waals surface area contributed by atoms with E-state index in [0.29, 0.717) is 0 Å². The van der Waals surface area contributed by atoms with Gasteiger partial charge >= 0.3 is 15.6 Å². The second-order valence-electron chi connectivity index (χ2n) is 8.26. The summed E-state index contributed by atoms with van der Waals surface area (Å²) >= 11 is 0. The normalized spacial score (nSPS) is 34.7. The molecule has 0 unspecified atom stereocenters. The summed E-state index contributed by atoms with van der Waals surface area (Å²) in [6.07, 6.45) is -13.4. The van der Waals surface area contributed by atoms with Crippen LogP contribution in [0.25, 0.3) is 11.2 Å². The van der Waals surface area contributed by atoms with Crippen molar-refractivity contribution in [3.63, 3.8) is 0 Å². The number of nitrogens with zero attached hydrogens (tertiary/aromatic N) is 4. The summed E-state index contributed by atoms with van der Waals surface area (Å²) in [5.41, 5.74) is 5.97. The molecule has 20 nitrogen and oxygen atoms in total. The lowest BCUT2D eigenvalue weighted by atomic mass is 9.99. The second-order valence-corrected chi connectivity index (χ2v) is 10.6. The number of ether oxygens (including phenoxy) is 3. The first kappa shape index (κ1) is 29.3. The number of nitrogens with two attached hydrogens (primary N) is 1. The minimum absolute atomic E-state index is 0.0134. The lowest BCUT2D eigenvalue weighted by Crippen LogP contribution is -2.61. The highest BCUT2D eigenvalue weighted by molar-refractivity contribution is 7.46. The SMILES string of the molecule is Nc1ncnc2c1ncn2[C@@H]1O[C@H](CO)[C@@H](O[C@H]2O[C@H](CO)[C@@H](OP(=O)(O)O)[C@H](O)[C@H]2O)[C@H]1OP(=O)(O)O. The standard InChI is InChI=1S/C16H25N5O15P2/c17-13-7-14(19-3-18-13)21(4-20-7)15-12(36-38(29,30)31)11(6(2-23)32-15)34-16-9(25)8(24)10(5(1-22)33-16)35-37(26,27)28/h3-6,8-12,15-16,22-25H,1-2H2,(H2,17,18,19)(H2,26,27,28)(H2,29,30,31)/t5-,6-,8-,9-,10-,11-,12-,15-,16-/m1/s1. The molecular weight excluding hydrogens is 564 g/mol. The molecule has 2 fully saturated rings. The molecule has 2 aromatic heterocycles. The Morgan fingerprint density at radius 2 is 1.50 bits per heavy atom. The molecule has 0 spiro atoms. The van der Waals surface area contributed by atoms with Crippen LogP contribution in [-0.4, -0.2) is 122 Å². The van der Waals surface area contributed by atoms with Crippen molar-refractivity contribution in [2.75, 3.05) is 18.9 Å². The fourth-order valence-corrected chi connectivity index (χ4v) is 5.30. The Labute approximate surface area is 212 Å². The summed E-state index contributed by atoms with van der Waals surface area (Å²) in [6, 6.07) is 0. The number of rotatable bonds is 9. The molecular formula is C16H25N5O15P2. The van der Waals surface area contributed by atoms with Crippen molar-refractivity contribution < 1.29 is 72.4 Å². The van der Waals surface area contributed by atoms with E-state index in [1.807, 2.05) is 0 Å². The predicted molar refractivity (Wildman–Crippen MR) is 117 cm³/mol. The highest BCUT2D eigenvalue weighted by Crippen LogP contribution is 2.47. The van der Waals surface area contributed by atoms with Gasteiger partial charge in [-0.2, -0.15) is 0 Å². The maximum atomic E-state index is 11.8. The van der Waals surface area contributed by atoms with Gasteiger partial charge in [-0.3, -0.25) is 13.6 Å². The van der Waals surface area contributed by atoms with E-state index in [4.69, 9.17) is 34.3 Å². The number of fused-ring (bicyclic) bond motifs is 1. The summed E-state index contributed by atoms with van der Waals surface area (Å²) < 4.78 is 50.3. The zero-order valence-electron chi connectivity index (χ0n) is 19.0. The summed E-state index contributed by atoms with van der Waals surface area (Å²) in [6.45, 7) is -1.75. The first-order chi connectivity index (χ1) is 17.7. The Morgan fingerprint density at radius 1 is 0.895 bits per heavy atom. The molecule has 0 aliphatic carbocycles. The van der Waals surface area contributed by atoms with Gasteiger partial charge in [-0.1, -0.05) is 0 Å². The summed E-state index contributed by atoms with van der Waals surface area (Å²) in [5, 5.41) is 40.4. The molecule has 0 aromatic carbocycles. The molecule has 2 saturated heterocycles. The van der Waals surface area contributed by atoms with Crippen molar-refractivity contribution in [1.82, 2.24) is 19.5 Å². The Bertz CT molecular complexity index is 1220. The summed E-state index contributed by atoms with van der Waals surface area (Å²) in [4.78, 5) is 49.1. The fourth-order valence-electron chi connectivity index (χ4n) is 4.18. The molecule has 22 heteroatoms. The van der Waals surface area contributed by atoms with E-state index in [1.54, 1.807) is 0 Å². The average molecular weight is 589 g/mol. The average Bonchev–Trinajstić information content (AvgIpc) is 3.39. The summed E-state index contributed by atoms with van der Waals surface area (Å²) in [7, 11) is -10.5. The lowest BCUT2D eigenvalue weighted by Gasteiger charge is -2.42. The lowest BCUT2D eigenvalue weighted by molar-refractivity contribution is -0.315. The molecule has 38 heavy (non-hydrogen) atoms. The van der Waals surface area contributed by atoms with Gasteiger partial charge in [-0.15, -0.1) is 0 Å². The molecule has 0 bridgehead atoms. The van der Waals surface area contributed by atoms with Crippen LogP contribution in [-0.2, 0) is 32.4 Å². The Morgan fingerprint density at radius 3 is 2.11 bits per heavy atom. The number of aromatic nitrogens is 4. The molecule has 2 aromatic rings. The molecule has 2 aliphatic heterocycles. The predicted octanol–water partition coefficient (Wildman–Crippen LogP) is -3.92. The Balaban J connectivity index is 1.66. The van der Waals surface area contributed by atoms with Crippen molar-refractivity contribution in [2.45, 2.75) is 55.2 Å². The van der Waals surface area contributed by atoms with Gasteiger partial charge in [-0.25, -0.2) is 24.1 Å². The smallest absolute Gasteiger partial charge is 0.394 e. The van der Waals surface area contributed by atoms with Crippen LogP contribution in [0.2, 0.25) is 0 Å². The van der Waals surface area contributed by atoms with Gasteiger partial charge in [0.15, 0.2) is 24.0 Å². The fraction of sp³-hybridized carbons (Fsp3) is 0.688. The van der Waals surface area contributed by atoms with Crippen LogP contribution in [0, 0.1) is 0 Å². The molecule has 0 radical (unpaired) electrons. The molecule has 9 atom stereocenters. The minimum Gasteiger partial charge on any atom is -0.394 e. The molecule has 2 aliphatic rings. The third-order valence-electron chi connectivity index (χ3n) is 5.76. The van der Waals surface area contributed by atoms with Crippen molar-refractivity contribution in [3.8, 4) is 0 Å². The third-order valence-corrected chi connectivity index (χ3v) is 6.79. The molecule has 4 rings (SSSR count). The van der Waals surface area contributed by atoms with E-state index in [9.17, 15) is 39.3 Å². The van der Waals surface area contributed by atoms with E-state index in [1.165, 1.54) is 4.57 Å². The maximum Gasteiger partial charge on any atom is 0.470 e. The largest absolute Gasteiger partial charge is 0.470 e. The van der Waals surface area contributed by atoms with Gasteiger partial charge in [0.2, 0.25) is 0 Å². The minimum atomic E-state index is -5.26. The molecule has 4 heterocycles. The van der Waals surface area contributed by atoms with E-state index in [2.05, 4.69) is 19.5 Å². The topological polar surface area (TPSA) is 312 Å². The van der Waals surface area contributed by atoms with Gasteiger partial charge in [-0.05, 0) is 0 Å². The number of aliphatic hydroxyl groups excluding tert-OH is 4. The van der Waals surface area contributed by atoms with E-state index >= 15 is 0 Å². The van der Waals surface area contributed by atoms with Gasteiger partial charge in [0.25, 0.3) is 0 Å². The summed E-state index contributed by atoms with van der Waals surface area (Å²) in [5.74, 6) is -0.0134. The number of imidazole rings is 1. The van der Waals surface area contributed by atoms with Crippen molar-refractivity contribution in [1.29, 1.82) is 0 Å². The number of phosphoric ester groups is 2. The molecule has 214 valence electrons. The van der Waals surface area contributed by atoms with Crippen LogP contribution in [0.5, 0.6) is 0 Å². The number of aliphatic hydroxyl groups is 4. The number of hydrogen-bond acceptors (Lipinski definition) is 15. The number of phosphoric acid groups is 2. The van der Waals surface area contributed by atoms with E-state index in [-0.39, 0.29) is 17.0 Å². The Kier molecular flexibility index (Phi) is 8.51. The van der Waals surface area contributed by atoms with Gasteiger partial charge in [0.05, 0.1) is 19.5 Å². The van der Waals surface area contributed by atoms with Crippen molar-refractivity contribution in [2.24, 2.45) is 0 Å². The van der Waals surface area contributed by atoms with E-state index < -0.39 is 84.1 Å². The van der Waals surface area contributed by atoms with E-state index in [0.717, 1.165) is 12.7 Å². The van der Waals surface area contributed by atoms with Crippen LogP contribution in [0.4, 0.5) is 5.82 Å². The molecule has 0 saturated carbocycles. The highest BCUT2D eigenvalue weighted by atomic mass is 31.2. The molecule has 0 amide bonds. The number of hydrogen-bond donors (Lipinski definition) is 9. The quantitative estimate of drug-likeness (QED) is 0.126. The monoisotopic (exact) mass is 589 g/mol. The van der Waals surface area contributed by atoms with Gasteiger partial charge < -0.3 is 59.9 Å². The second kappa shape index (κ2) is 11.0. The van der Waals surface area contributed by atoms with Crippen LogP contribution in [0.15, 0.2) is 12.7 Å². The zero-order chi connectivity index (χ0) is 28.0. The van der Waals surface area contributed by atoms with Gasteiger partial charge in [0.1, 0.15) is 54.6 Å². The number of nitrogen functional groups attached to an aromatic ring is 1. The van der Waals surface area contributed by atoms with Gasteiger partial charge in [0, 0.05) is 0 Å². The van der Waals surface area contributed by atoms with Crippen LogP contribution in [0.1, 0.15) is 6.23 Å². The first-order valence-electron chi connectivity index (χ1n) is 10.7. The highest BCUT2D eigenvalue weighted by Gasteiger charge is 2.54. The van der Waals surface area contributed by atoms with Crippen LogP contribution in [0.3, 0.4) is 0 Å². The zero-order valence-corrected chi connectivity index (χ0v) is 20.7. The Hall–Kier alpha value is -1.71. The van der Waals surface area contributed by atoms with Crippen LogP contribution < -0.4 is 5.73 Å². The van der Waals surface area contributed by atoms with Crippen LogP contribution >= 0.6 is 15.6 Å².